The average Bonchev–Trinajstić information content (AvgIpc) is 3.24. The van der Waals surface area contributed by atoms with Crippen LogP contribution < -0.4 is 5.56 Å². The van der Waals surface area contributed by atoms with Gasteiger partial charge in [-0.15, -0.1) is 0 Å². The molecular formula is C24H22ClN5O2S. The van der Waals surface area contributed by atoms with Gasteiger partial charge in [-0.25, -0.2) is 4.98 Å². The van der Waals surface area contributed by atoms with E-state index in [0.717, 1.165) is 21.8 Å². The van der Waals surface area contributed by atoms with Crippen LogP contribution in [0.15, 0.2) is 59.4 Å². The number of fused-ring (bicyclic) bond motifs is 1. The van der Waals surface area contributed by atoms with Gasteiger partial charge in [-0.05, 0) is 30.7 Å². The second-order valence-corrected chi connectivity index (χ2v) is 9.47. The molecule has 1 fully saturated rings. The van der Waals surface area contributed by atoms with Gasteiger partial charge < -0.3 is 4.90 Å². The van der Waals surface area contributed by atoms with Gasteiger partial charge in [0.05, 0.1) is 5.69 Å². The van der Waals surface area contributed by atoms with Crippen molar-refractivity contribution in [3.05, 3.63) is 86.8 Å². The lowest BCUT2D eigenvalue weighted by Gasteiger charge is -2.34. The highest BCUT2D eigenvalue weighted by Crippen LogP contribution is 2.27. The van der Waals surface area contributed by atoms with E-state index in [0.29, 0.717) is 48.3 Å². The maximum atomic E-state index is 12.7. The van der Waals surface area contributed by atoms with E-state index < -0.39 is 0 Å². The molecule has 0 saturated carbocycles. The first-order chi connectivity index (χ1) is 16.0. The predicted molar refractivity (Wildman–Crippen MR) is 130 cm³/mol. The molecule has 1 aliphatic rings. The van der Waals surface area contributed by atoms with E-state index in [4.69, 9.17) is 16.6 Å². The van der Waals surface area contributed by atoms with E-state index in [-0.39, 0.29) is 11.5 Å². The van der Waals surface area contributed by atoms with Crippen LogP contribution in [0.1, 0.15) is 21.6 Å². The number of piperazine rings is 1. The molecule has 7 nitrogen and oxygen atoms in total. The van der Waals surface area contributed by atoms with E-state index in [9.17, 15) is 9.59 Å². The van der Waals surface area contributed by atoms with Crippen LogP contribution in [0.25, 0.3) is 15.5 Å². The van der Waals surface area contributed by atoms with Crippen molar-refractivity contribution in [2.45, 2.75) is 13.5 Å². The molecule has 1 aliphatic heterocycles. The molecule has 168 valence electrons. The molecule has 5 rings (SSSR count). The van der Waals surface area contributed by atoms with Gasteiger partial charge in [0.15, 0.2) is 0 Å². The molecule has 9 heteroatoms. The van der Waals surface area contributed by atoms with Crippen molar-refractivity contribution < 1.29 is 4.79 Å². The Bertz CT molecular complexity index is 1390. The summed E-state index contributed by atoms with van der Waals surface area (Å²) in [6, 6.07) is 16.6. The molecular weight excluding hydrogens is 458 g/mol. The topological polar surface area (TPSA) is 70.8 Å². The minimum absolute atomic E-state index is 0.0108. The molecule has 4 aromatic rings. The molecule has 0 aliphatic carbocycles. The highest BCUT2D eigenvalue weighted by molar-refractivity contribution is 7.19. The maximum absolute atomic E-state index is 12.7. The summed E-state index contributed by atoms with van der Waals surface area (Å²) >= 11 is 7.44. The highest BCUT2D eigenvalue weighted by Gasteiger charge is 2.23. The van der Waals surface area contributed by atoms with Gasteiger partial charge in [0.1, 0.15) is 5.01 Å². The zero-order valence-electron chi connectivity index (χ0n) is 18.1. The van der Waals surface area contributed by atoms with Gasteiger partial charge >= 0.3 is 0 Å². The Balaban J connectivity index is 1.29. The molecule has 0 N–H and O–H groups in total. The second kappa shape index (κ2) is 9.05. The predicted octanol–water partition coefficient (Wildman–Crippen LogP) is 3.74. The zero-order valence-corrected chi connectivity index (χ0v) is 19.6. The van der Waals surface area contributed by atoms with E-state index in [1.807, 2.05) is 36.1 Å². The number of nitrogens with zero attached hydrogens (tertiary/aromatic N) is 5. The molecule has 0 spiro atoms. The Labute approximate surface area is 199 Å². The summed E-state index contributed by atoms with van der Waals surface area (Å²) in [6.45, 7) is 5.24. The monoisotopic (exact) mass is 479 g/mol. The van der Waals surface area contributed by atoms with Crippen molar-refractivity contribution in [3.63, 3.8) is 0 Å². The summed E-state index contributed by atoms with van der Waals surface area (Å²) in [6.07, 6.45) is 0. The van der Waals surface area contributed by atoms with E-state index >= 15 is 0 Å². The Morgan fingerprint density at radius 3 is 2.61 bits per heavy atom. The van der Waals surface area contributed by atoms with Gasteiger partial charge in [0, 0.05) is 54.9 Å². The van der Waals surface area contributed by atoms with Crippen molar-refractivity contribution in [2.24, 2.45) is 0 Å². The van der Waals surface area contributed by atoms with Crippen LogP contribution in [0, 0.1) is 6.92 Å². The number of aromatic nitrogens is 3. The first-order valence-electron chi connectivity index (χ1n) is 10.7. The van der Waals surface area contributed by atoms with Crippen LogP contribution in [0.4, 0.5) is 0 Å². The Morgan fingerprint density at radius 1 is 1.06 bits per heavy atom. The second-order valence-electron chi connectivity index (χ2n) is 8.08. The minimum Gasteiger partial charge on any atom is -0.336 e. The van der Waals surface area contributed by atoms with Gasteiger partial charge in [-0.2, -0.15) is 9.61 Å². The summed E-state index contributed by atoms with van der Waals surface area (Å²) < 4.78 is 1.37. The third kappa shape index (κ3) is 4.55. The summed E-state index contributed by atoms with van der Waals surface area (Å²) in [5, 5.41) is 5.83. The van der Waals surface area contributed by atoms with E-state index in [1.54, 1.807) is 30.3 Å². The summed E-state index contributed by atoms with van der Waals surface area (Å²) in [4.78, 5) is 34.8. The average molecular weight is 480 g/mol. The van der Waals surface area contributed by atoms with Crippen LogP contribution in [-0.2, 0) is 6.54 Å². The Kier molecular flexibility index (Phi) is 5.97. The van der Waals surface area contributed by atoms with Gasteiger partial charge in [-0.1, -0.05) is 53.3 Å². The number of aryl methyl sites for hydroxylation is 1. The molecule has 0 radical (unpaired) electrons. The van der Waals surface area contributed by atoms with Gasteiger partial charge in [-0.3, -0.25) is 14.5 Å². The van der Waals surface area contributed by atoms with Crippen LogP contribution in [0.5, 0.6) is 0 Å². The van der Waals surface area contributed by atoms with Crippen molar-refractivity contribution in [1.29, 1.82) is 0 Å². The Morgan fingerprint density at radius 2 is 1.85 bits per heavy atom. The SMILES string of the molecule is Cc1ccccc1-c1nn2c(=O)cc(CN3CCN(C(=O)c4cccc(Cl)c4)CC3)nc2s1. The van der Waals surface area contributed by atoms with Crippen LogP contribution in [0.2, 0.25) is 5.02 Å². The maximum Gasteiger partial charge on any atom is 0.275 e. The van der Waals surface area contributed by atoms with E-state index in [1.165, 1.54) is 15.9 Å². The van der Waals surface area contributed by atoms with Crippen LogP contribution >= 0.6 is 22.9 Å². The molecule has 1 saturated heterocycles. The van der Waals surface area contributed by atoms with Gasteiger partial charge in [0.2, 0.25) is 4.96 Å². The largest absolute Gasteiger partial charge is 0.336 e. The van der Waals surface area contributed by atoms with Crippen LogP contribution in [0.3, 0.4) is 0 Å². The number of halogens is 1. The number of hydrogen-bond donors (Lipinski definition) is 0. The lowest BCUT2D eigenvalue weighted by molar-refractivity contribution is 0.0627. The molecule has 3 heterocycles. The summed E-state index contributed by atoms with van der Waals surface area (Å²) in [5.41, 5.74) is 3.26. The van der Waals surface area contributed by atoms with Gasteiger partial charge in [0.25, 0.3) is 11.5 Å². The molecule has 0 unspecified atom stereocenters. The third-order valence-electron chi connectivity index (χ3n) is 5.79. The molecule has 2 aromatic carbocycles. The number of carbonyl (C=O) groups is 1. The smallest absolute Gasteiger partial charge is 0.275 e. The zero-order chi connectivity index (χ0) is 22.9. The number of rotatable bonds is 4. The number of amides is 1. The molecule has 0 bridgehead atoms. The minimum atomic E-state index is -0.180. The normalized spacial score (nSPS) is 14.7. The fourth-order valence-electron chi connectivity index (χ4n) is 4.00. The lowest BCUT2D eigenvalue weighted by atomic mass is 10.1. The quantitative estimate of drug-likeness (QED) is 0.446. The molecule has 2 aromatic heterocycles. The molecule has 0 atom stereocenters. The first-order valence-corrected chi connectivity index (χ1v) is 11.9. The number of benzene rings is 2. The standard InChI is InChI=1S/C24H22ClN5O2S/c1-16-5-2-3-8-20(16)22-27-30-21(31)14-19(26-24(30)33-22)15-28-9-11-29(12-10-28)23(32)17-6-4-7-18(25)13-17/h2-8,13-14H,9-12,15H2,1H3. The fourth-order valence-corrected chi connectivity index (χ4v) is 5.21. The van der Waals surface area contributed by atoms with E-state index in [2.05, 4.69) is 10.00 Å². The highest BCUT2D eigenvalue weighted by atomic mass is 35.5. The number of carbonyl (C=O) groups excluding carboxylic acids is 1. The van der Waals surface area contributed by atoms with Crippen molar-refractivity contribution in [2.75, 3.05) is 26.2 Å². The molecule has 33 heavy (non-hydrogen) atoms. The third-order valence-corrected chi connectivity index (χ3v) is 6.97. The van der Waals surface area contributed by atoms with Crippen molar-refractivity contribution in [3.8, 4) is 10.6 Å². The molecule has 1 amide bonds. The fraction of sp³-hybridized carbons (Fsp3) is 0.250. The van der Waals surface area contributed by atoms with Crippen molar-refractivity contribution in [1.82, 2.24) is 24.4 Å². The number of hydrogen-bond acceptors (Lipinski definition) is 6. The van der Waals surface area contributed by atoms with Crippen LogP contribution in [-0.4, -0.2) is 56.5 Å². The Hall–Kier alpha value is -3.07. The summed E-state index contributed by atoms with van der Waals surface area (Å²) in [7, 11) is 0. The first kappa shape index (κ1) is 21.8. The van der Waals surface area contributed by atoms with Crippen molar-refractivity contribution >= 4 is 33.8 Å². The summed E-state index contributed by atoms with van der Waals surface area (Å²) in [5.74, 6) is -0.0108. The lowest BCUT2D eigenvalue weighted by Crippen LogP contribution is -2.48.